The molecular formula is C23H30N8O2. The number of nitrogens with one attached hydrogen (secondary N) is 2. The number of H-pyrrole nitrogens is 1. The number of aromatic amines is 1. The summed E-state index contributed by atoms with van der Waals surface area (Å²) in [6.07, 6.45) is 5.08. The summed E-state index contributed by atoms with van der Waals surface area (Å²) in [6.45, 7) is 6.90. The van der Waals surface area contributed by atoms with Crippen LogP contribution in [-0.4, -0.2) is 88.4 Å². The fourth-order valence-electron chi connectivity index (χ4n) is 3.76. The van der Waals surface area contributed by atoms with Crippen molar-refractivity contribution in [2.45, 2.75) is 13.5 Å². The Hall–Kier alpha value is -3.50. The lowest BCUT2D eigenvalue weighted by molar-refractivity contribution is -0.119. The zero-order valence-electron chi connectivity index (χ0n) is 19.3. The molecule has 0 radical (unpaired) electrons. The first-order valence-electron chi connectivity index (χ1n) is 11.1. The molecule has 2 N–H and O–H groups in total. The Morgan fingerprint density at radius 2 is 1.85 bits per heavy atom. The lowest BCUT2D eigenvalue weighted by Crippen LogP contribution is -2.48. The molecule has 0 unspecified atom stereocenters. The maximum absolute atomic E-state index is 12.8. The summed E-state index contributed by atoms with van der Waals surface area (Å²) in [7, 11) is 3.87. The highest BCUT2D eigenvalue weighted by Gasteiger charge is 2.20. The number of aromatic nitrogens is 4. The molecule has 1 aromatic carbocycles. The monoisotopic (exact) mass is 450 g/mol. The van der Waals surface area contributed by atoms with Gasteiger partial charge in [-0.15, -0.1) is 0 Å². The number of benzene rings is 1. The summed E-state index contributed by atoms with van der Waals surface area (Å²) >= 11 is 0. The van der Waals surface area contributed by atoms with E-state index in [1.807, 2.05) is 25.3 Å². The first kappa shape index (κ1) is 22.7. The standard InChI is InChI=1S/C23H30N8O2/c1-4-31-15-17(13-25-31)22-20(14-24-27-22)23(33)26-18-5-7-19(8-6-18)29(3)21(32)16-30-11-9-28(2)10-12-30/h5-8,13-15H,4,9-12,16H2,1-3H3,(H,24,27)(H,26,33). The van der Waals surface area contributed by atoms with Gasteiger partial charge in [-0.25, -0.2) is 0 Å². The van der Waals surface area contributed by atoms with Crippen LogP contribution >= 0.6 is 0 Å². The Bertz CT molecular complexity index is 1100. The predicted octanol–water partition coefficient (Wildman–Crippen LogP) is 1.76. The van der Waals surface area contributed by atoms with Gasteiger partial charge in [-0.2, -0.15) is 10.2 Å². The molecule has 0 saturated carbocycles. The zero-order chi connectivity index (χ0) is 23.4. The molecule has 2 amide bonds. The molecule has 10 heteroatoms. The van der Waals surface area contributed by atoms with Crippen molar-refractivity contribution >= 4 is 23.2 Å². The normalized spacial score (nSPS) is 14.9. The first-order chi connectivity index (χ1) is 15.9. The van der Waals surface area contributed by atoms with Gasteiger partial charge in [0.05, 0.1) is 30.2 Å². The summed E-state index contributed by atoms with van der Waals surface area (Å²) < 4.78 is 1.79. The van der Waals surface area contributed by atoms with Crippen LogP contribution in [-0.2, 0) is 11.3 Å². The second kappa shape index (κ2) is 9.97. The molecule has 3 aromatic rings. The third kappa shape index (κ3) is 5.29. The summed E-state index contributed by atoms with van der Waals surface area (Å²) in [5, 5.41) is 14.1. The van der Waals surface area contributed by atoms with E-state index in [9.17, 15) is 9.59 Å². The van der Waals surface area contributed by atoms with Gasteiger partial charge in [-0.05, 0) is 38.2 Å². The molecule has 10 nitrogen and oxygen atoms in total. The average Bonchev–Trinajstić information content (AvgIpc) is 3.50. The van der Waals surface area contributed by atoms with Crippen molar-refractivity contribution in [1.82, 2.24) is 29.8 Å². The number of aryl methyl sites for hydroxylation is 1. The van der Waals surface area contributed by atoms with E-state index in [4.69, 9.17) is 0 Å². The van der Waals surface area contributed by atoms with E-state index in [1.165, 1.54) is 6.20 Å². The minimum absolute atomic E-state index is 0.0482. The molecule has 1 aliphatic rings. The molecule has 1 saturated heterocycles. The molecular weight excluding hydrogens is 420 g/mol. The van der Waals surface area contributed by atoms with Gasteiger partial charge in [0.2, 0.25) is 5.91 Å². The number of likely N-dealkylation sites (N-methyl/N-ethyl adjacent to an activating group) is 2. The van der Waals surface area contributed by atoms with Gasteiger partial charge in [-0.1, -0.05) is 0 Å². The maximum atomic E-state index is 12.8. The van der Waals surface area contributed by atoms with Gasteiger partial charge >= 0.3 is 0 Å². The van der Waals surface area contributed by atoms with E-state index in [0.29, 0.717) is 23.5 Å². The van der Waals surface area contributed by atoms with Crippen LogP contribution < -0.4 is 10.2 Å². The van der Waals surface area contributed by atoms with Gasteiger partial charge in [-0.3, -0.25) is 24.3 Å². The van der Waals surface area contributed by atoms with Crippen LogP contribution in [0.1, 0.15) is 17.3 Å². The van der Waals surface area contributed by atoms with Crippen molar-refractivity contribution in [3.05, 3.63) is 48.4 Å². The molecule has 1 fully saturated rings. The van der Waals surface area contributed by atoms with Crippen LogP contribution in [0.2, 0.25) is 0 Å². The minimum Gasteiger partial charge on any atom is -0.322 e. The predicted molar refractivity (Wildman–Crippen MR) is 127 cm³/mol. The third-order valence-corrected chi connectivity index (χ3v) is 5.97. The van der Waals surface area contributed by atoms with Crippen molar-refractivity contribution in [3.63, 3.8) is 0 Å². The Morgan fingerprint density at radius 1 is 1.12 bits per heavy atom. The number of amides is 2. The summed E-state index contributed by atoms with van der Waals surface area (Å²) in [5.41, 5.74) is 3.28. The van der Waals surface area contributed by atoms with E-state index in [2.05, 4.69) is 37.5 Å². The fourth-order valence-corrected chi connectivity index (χ4v) is 3.76. The number of carbonyl (C=O) groups is 2. The van der Waals surface area contributed by atoms with E-state index in [1.54, 1.807) is 35.0 Å². The Kier molecular flexibility index (Phi) is 6.85. The average molecular weight is 451 g/mol. The zero-order valence-corrected chi connectivity index (χ0v) is 19.3. The fraction of sp³-hybridized carbons (Fsp3) is 0.391. The van der Waals surface area contributed by atoms with Gasteiger partial charge < -0.3 is 15.1 Å². The third-order valence-electron chi connectivity index (χ3n) is 5.97. The van der Waals surface area contributed by atoms with E-state index < -0.39 is 0 Å². The number of carbonyl (C=O) groups excluding carboxylic acids is 2. The number of hydrogen-bond donors (Lipinski definition) is 2. The van der Waals surface area contributed by atoms with Crippen molar-refractivity contribution in [3.8, 4) is 11.3 Å². The molecule has 0 spiro atoms. The van der Waals surface area contributed by atoms with Gasteiger partial charge in [0, 0.05) is 62.9 Å². The number of anilines is 2. The largest absolute Gasteiger partial charge is 0.322 e. The molecule has 3 heterocycles. The number of nitrogens with zero attached hydrogens (tertiary/aromatic N) is 6. The molecule has 0 atom stereocenters. The summed E-state index contributed by atoms with van der Waals surface area (Å²) in [5.74, 6) is -0.220. The van der Waals surface area contributed by atoms with Crippen LogP contribution in [0.5, 0.6) is 0 Å². The van der Waals surface area contributed by atoms with Crippen LogP contribution in [0.4, 0.5) is 11.4 Å². The first-order valence-corrected chi connectivity index (χ1v) is 11.1. The smallest absolute Gasteiger partial charge is 0.259 e. The van der Waals surface area contributed by atoms with Crippen molar-refractivity contribution in [2.24, 2.45) is 0 Å². The molecule has 1 aliphatic heterocycles. The Balaban J connectivity index is 1.37. The molecule has 0 bridgehead atoms. The second-order valence-electron chi connectivity index (χ2n) is 8.28. The number of piperazine rings is 1. The quantitative estimate of drug-likeness (QED) is 0.569. The van der Waals surface area contributed by atoms with Crippen LogP contribution in [0.15, 0.2) is 42.9 Å². The van der Waals surface area contributed by atoms with E-state index in [-0.39, 0.29) is 11.8 Å². The van der Waals surface area contributed by atoms with Crippen LogP contribution in [0.25, 0.3) is 11.3 Å². The van der Waals surface area contributed by atoms with Crippen LogP contribution in [0, 0.1) is 0 Å². The van der Waals surface area contributed by atoms with Crippen molar-refractivity contribution in [1.29, 1.82) is 0 Å². The highest BCUT2D eigenvalue weighted by atomic mass is 16.2. The van der Waals surface area contributed by atoms with E-state index >= 15 is 0 Å². The maximum Gasteiger partial charge on any atom is 0.259 e. The molecule has 4 rings (SSSR count). The molecule has 2 aromatic heterocycles. The SMILES string of the molecule is CCn1cc(-c2[nH]ncc2C(=O)Nc2ccc(N(C)C(=O)CN3CCN(C)CC3)cc2)cn1. The number of hydrogen-bond acceptors (Lipinski definition) is 6. The van der Waals surface area contributed by atoms with Gasteiger partial charge in [0.25, 0.3) is 5.91 Å². The number of rotatable bonds is 7. The summed E-state index contributed by atoms with van der Waals surface area (Å²) in [6, 6.07) is 7.25. The molecule has 0 aliphatic carbocycles. The Morgan fingerprint density at radius 3 is 2.52 bits per heavy atom. The van der Waals surface area contributed by atoms with Gasteiger partial charge in [0.1, 0.15) is 0 Å². The van der Waals surface area contributed by atoms with Crippen LogP contribution in [0.3, 0.4) is 0 Å². The second-order valence-corrected chi connectivity index (χ2v) is 8.28. The lowest BCUT2D eigenvalue weighted by Gasteiger charge is -2.32. The highest BCUT2D eigenvalue weighted by Crippen LogP contribution is 2.23. The van der Waals surface area contributed by atoms with Crippen molar-refractivity contribution in [2.75, 3.05) is 57.0 Å². The van der Waals surface area contributed by atoms with Gasteiger partial charge in [0.15, 0.2) is 0 Å². The topological polar surface area (TPSA) is 102 Å². The summed E-state index contributed by atoms with van der Waals surface area (Å²) in [4.78, 5) is 31.6. The minimum atomic E-state index is -0.268. The Labute approximate surface area is 193 Å². The van der Waals surface area contributed by atoms with E-state index in [0.717, 1.165) is 44.0 Å². The molecule has 174 valence electrons. The lowest BCUT2D eigenvalue weighted by atomic mass is 10.1. The van der Waals surface area contributed by atoms with Crippen molar-refractivity contribution < 1.29 is 9.59 Å². The highest BCUT2D eigenvalue weighted by molar-refractivity contribution is 6.08. The molecule has 33 heavy (non-hydrogen) atoms.